The Balaban J connectivity index is 1.75. The molecule has 5 heteroatoms. The molecule has 2 aromatic rings. The fourth-order valence-electron chi connectivity index (χ4n) is 2.69. The minimum absolute atomic E-state index is 0.413. The van der Waals surface area contributed by atoms with Crippen LogP contribution in [-0.4, -0.2) is 33.4 Å². The first-order chi connectivity index (χ1) is 9.74. The lowest BCUT2D eigenvalue weighted by molar-refractivity contribution is -0.138. The maximum absolute atomic E-state index is 11.2. The van der Waals surface area contributed by atoms with Crippen LogP contribution >= 0.6 is 0 Å². The number of hydrogen-bond acceptors (Lipinski definition) is 3. The Labute approximate surface area is 117 Å². The van der Waals surface area contributed by atoms with Crippen LogP contribution in [0.4, 0.5) is 5.69 Å². The van der Waals surface area contributed by atoms with Crippen LogP contribution in [0.3, 0.4) is 0 Å². The molecule has 2 heterocycles. The van der Waals surface area contributed by atoms with Gasteiger partial charge in [-0.2, -0.15) is 5.10 Å². The second kappa shape index (κ2) is 5.36. The molecule has 1 aromatic carbocycles. The highest BCUT2D eigenvalue weighted by Gasteiger charge is 2.31. The molecule has 0 saturated carbocycles. The van der Waals surface area contributed by atoms with Gasteiger partial charge in [0.15, 0.2) is 0 Å². The first-order valence-corrected chi connectivity index (χ1v) is 6.80. The molecule has 5 nitrogen and oxygen atoms in total. The monoisotopic (exact) mass is 271 g/mol. The minimum Gasteiger partial charge on any atom is -0.480 e. The van der Waals surface area contributed by atoms with Gasteiger partial charge in [0.2, 0.25) is 0 Å². The highest BCUT2D eigenvalue weighted by Crippen LogP contribution is 2.25. The van der Waals surface area contributed by atoms with Crippen molar-refractivity contribution < 1.29 is 9.90 Å². The number of aromatic nitrogens is 2. The van der Waals surface area contributed by atoms with Crippen molar-refractivity contribution in [3.8, 4) is 0 Å². The van der Waals surface area contributed by atoms with E-state index in [1.54, 1.807) is 6.20 Å². The average molecular weight is 271 g/mol. The summed E-state index contributed by atoms with van der Waals surface area (Å²) >= 11 is 0. The zero-order valence-electron chi connectivity index (χ0n) is 11.1. The Kier molecular flexibility index (Phi) is 3.41. The van der Waals surface area contributed by atoms with Gasteiger partial charge in [0.25, 0.3) is 0 Å². The van der Waals surface area contributed by atoms with E-state index in [0.29, 0.717) is 13.0 Å². The first-order valence-electron chi connectivity index (χ1n) is 6.80. The topological polar surface area (TPSA) is 58.4 Å². The fourth-order valence-corrected chi connectivity index (χ4v) is 2.69. The Bertz CT molecular complexity index is 594. The molecule has 1 unspecified atom stereocenters. The molecule has 1 aliphatic heterocycles. The largest absolute Gasteiger partial charge is 0.480 e. The van der Waals surface area contributed by atoms with Gasteiger partial charge in [0.1, 0.15) is 6.04 Å². The van der Waals surface area contributed by atoms with Gasteiger partial charge in [-0.05, 0) is 18.4 Å². The molecule has 1 fully saturated rings. The molecular weight excluding hydrogens is 254 g/mol. The first kappa shape index (κ1) is 12.7. The third-order valence-corrected chi connectivity index (χ3v) is 3.68. The van der Waals surface area contributed by atoms with E-state index < -0.39 is 12.0 Å². The highest BCUT2D eigenvalue weighted by molar-refractivity contribution is 5.78. The zero-order chi connectivity index (χ0) is 13.9. The molecule has 0 aliphatic carbocycles. The SMILES string of the molecule is O=C(O)C1CCCN1c1cnn(Cc2ccccc2)c1. The lowest BCUT2D eigenvalue weighted by Crippen LogP contribution is -2.35. The van der Waals surface area contributed by atoms with E-state index in [0.717, 1.165) is 18.7 Å². The van der Waals surface area contributed by atoms with Crippen LogP contribution in [0, 0.1) is 0 Å². The van der Waals surface area contributed by atoms with Crippen molar-refractivity contribution in [2.75, 3.05) is 11.4 Å². The quantitative estimate of drug-likeness (QED) is 0.924. The number of aliphatic carboxylic acids is 1. The van der Waals surface area contributed by atoms with Crippen molar-refractivity contribution in [3.63, 3.8) is 0 Å². The van der Waals surface area contributed by atoms with Crippen molar-refractivity contribution in [1.82, 2.24) is 9.78 Å². The highest BCUT2D eigenvalue weighted by atomic mass is 16.4. The molecule has 1 N–H and O–H groups in total. The van der Waals surface area contributed by atoms with Crippen molar-refractivity contribution in [2.45, 2.75) is 25.4 Å². The number of rotatable bonds is 4. The van der Waals surface area contributed by atoms with Gasteiger partial charge in [-0.1, -0.05) is 30.3 Å². The average Bonchev–Trinajstić information content (AvgIpc) is 3.07. The predicted octanol–water partition coefficient (Wildman–Crippen LogP) is 1.98. The molecule has 1 atom stereocenters. The molecule has 3 rings (SSSR count). The van der Waals surface area contributed by atoms with Crippen LogP contribution < -0.4 is 4.90 Å². The third kappa shape index (κ3) is 2.52. The normalized spacial score (nSPS) is 18.4. The molecule has 0 spiro atoms. The van der Waals surface area contributed by atoms with Gasteiger partial charge < -0.3 is 10.0 Å². The molecule has 0 radical (unpaired) electrons. The summed E-state index contributed by atoms with van der Waals surface area (Å²) in [5.74, 6) is -0.752. The summed E-state index contributed by atoms with van der Waals surface area (Å²) in [5.41, 5.74) is 2.07. The van der Waals surface area contributed by atoms with Gasteiger partial charge in [-0.15, -0.1) is 0 Å². The molecule has 104 valence electrons. The number of nitrogens with zero attached hydrogens (tertiary/aromatic N) is 3. The van der Waals surface area contributed by atoms with Gasteiger partial charge in [0, 0.05) is 12.7 Å². The maximum Gasteiger partial charge on any atom is 0.326 e. The molecular formula is C15H17N3O2. The second-order valence-electron chi connectivity index (χ2n) is 5.07. The molecule has 0 bridgehead atoms. The van der Waals surface area contributed by atoms with Gasteiger partial charge >= 0.3 is 5.97 Å². The van der Waals surface area contributed by atoms with Crippen LogP contribution in [0.1, 0.15) is 18.4 Å². The van der Waals surface area contributed by atoms with E-state index in [1.165, 1.54) is 5.56 Å². The van der Waals surface area contributed by atoms with Gasteiger partial charge in [0.05, 0.1) is 18.4 Å². The number of hydrogen-bond donors (Lipinski definition) is 1. The lowest BCUT2D eigenvalue weighted by Gasteiger charge is -2.21. The summed E-state index contributed by atoms with van der Waals surface area (Å²) in [4.78, 5) is 13.1. The van der Waals surface area contributed by atoms with Crippen LogP contribution in [0.15, 0.2) is 42.7 Å². The summed E-state index contributed by atoms with van der Waals surface area (Å²) < 4.78 is 1.85. The number of carbonyl (C=O) groups is 1. The third-order valence-electron chi connectivity index (χ3n) is 3.68. The standard InChI is InChI=1S/C15H17N3O2/c19-15(20)14-7-4-8-18(14)13-9-16-17(11-13)10-12-5-2-1-3-6-12/h1-3,5-6,9,11,14H,4,7-8,10H2,(H,19,20). The van der Waals surface area contributed by atoms with E-state index in [4.69, 9.17) is 0 Å². The van der Waals surface area contributed by atoms with Gasteiger partial charge in [-0.3, -0.25) is 4.68 Å². The molecule has 1 saturated heterocycles. The zero-order valence-corrected chi connectivity index (χ0v) is 11.1. The molecule has 20 heavy (non-hydrogen) atoms. The molecule has 1 aromatic heterocycles. The van der Waals surface area contributed by atoms with Crippen LogP contribution in [0.25, 0.3) is 0 Å². The number of benzene rings is 1. The van der Waals surface area contributed by atoms with Crippen molar-refractivity contribution >= 4 is 11.7 Å². The summed E-state index contributed by atoms with van der Waals surface area (Å²) in [6.45, 7) is 1.49. The number of carboxylic acids is 1. The summed E-state index contributed by atoms with van der Waals surface area (Å²) in [6, 6.07) is 9.68. The smallest absolute Gasteiger partial charge is 0.326 e. The summed E-state index contributed by atoms with van der Waals surface area (Å²) in [7, 11) is 0. The summed E-state index contributed by atoms with van der Waals surface area (Å²) in [6.07, 6.45) is 5.30. The van der Waals surface area contributed by atoms with Gasteiger partial charge in [-0.25, -0.2) is 4.79 Å². The Morgan fingerprint density at radius 1 is 1.35 bits per heavy atom. The Morgan fingerprint density at radius 3 is 2.90 bits per heavy atom. The van der Waals surface area contributed by atoms with E-state index in [2.05, 4.69) is 17.2 Å². The van der Waals surface area contributed by atoms with Crippen molar-refractivity contribution in [1.29, 1.82) is 0 Å². The van der Waals surface area contributed by atoms with E-state index in [-0.39, 0.29) is 0 Å². The van der Waals surface area contributed by atoms with Crippen LogP contribution in [0.2, 0.25) is 0 Å². The summed E-state index contributed by atoms with van der Waals surface area (Å²) in [5, 5.41) is 13.6. The van der Waals surface area contributed by atoms with Crippen molar-refractivity contribution in [3.05, 3.63) is 48.3 Å². The molecule has 0 amide bonds. The van der Waals surface area contributed by atoms with Crippen LogP contribution in [-0.2, 0) is 11.3 Å². The fraction of sp³-hybridized carbons (Fsp3) is 0.333. The Hall–Kier alpha value is -2.30. The number of anilines is 1. The maximum atomic E-state index is 11.2. The predicted molar refractivity (Wildman–Crippen MR) is 75.8 cm³/mol. The minimum atomic E-state index is -0.752. The lowest BCUT2D eigenvalue weighted by atomic mass is 10.2. The van der Waals surface area contributed by atoms with Crippen LogP contribution in [0.5, 0.6) is 0 Å². The Morgan fingerprint density at radius 2 is 2.15 bits per heavy atom. The van der Waals surface area contributed by atoms with E-state index >= 15 is 0 Å². The second-order valence-corrected chi connectivity index (χ2v) is 5.07. The number of carboxylic acid groups (broad SMARTS) is 1. The van der Waals surface area contributed by atoms with E-state index in [1.807, 2.05) is 34.0 Å². The van der Waals surface area contributed by atoms with Crippen molar-refractivity contribution in [2.24, 2.45) is 0 Å². The molecule has 1 aliphatic rings. The van der Waals surface area contributed by atoms with E-state index in [9.17, 15) is 9.90 Å².